The summed E-state index contributed by atoms with van der Waals surface area (Å²) in [7, 11) is 5.13. The molecule has 0 unspecified atom stereocenters. The van der Waals surface area contributed by atoms with E-state index in [1.807, 2.05) is 31.1 Å². The predicted octanol–water partition coefficient (Wildman–Crippen LogP) is 4.37. The van der Waals surface area contributed by atoms with E-state index in [1.54, 1.807) is 12.1 Å². The minimum atomic E-state index is -4.56. The quantitative estimate of drug-likeness (QED) is 0.839. The van der Waals surface area contributed by atoms with Crippen molar-refractivity contribution in [2.24, 2.45) is 0 Å². The third-order valence-corrected chi connectivity index (χ3v) is 4.55. The number of methoxy groups -OCH3 is 1. The van der Waals surface area contributed by atoms with Crippen molar-refractivity contribution in [3.05, 3.63) is 53.1 Å². The van der Waals surface area contributed by atoms with Gasteiger partial charge in [-0.05, 0) is 55.9 Å². The molecule has 0 spiro atoms. The highest BCUT2D eigenvalue weighted by molar-refractivity contribution is 6.03. The van der Waals surface area contributed by atoms with Crippen molar-refractivity contribution in [1.29, 1.82) is 0 Å². The first kappa shape index (κ1) is 20.0. The fourth-order valence-corrected chi connectivity index (χ4v) is 3.27. The average molecular weight is 393 g/mol. The molecule has 2 aromatic carbocycles. The second-order valence-electron chi connectivity index (χ2n) is 6.95. The summed E-state index contributed by atoms with van der Waals surface area (Å²) in [6, 6.07) is 9.26. The number of amides is 2. The molecule has 28 heavy (non-hydrogen) atoms. The van der Waals surface area contributed by atoms with Crippen LogP contribution in [-0.4, -0.2) is 38.7 Å². The Morgan fingerprint density at radius 3 is 2.46 bits per heavy atom. The molecular weight excluding hydrogens is 371 g/mol. The van der Waals surface area contributed by atoms with Gasteiger partial charge in [-0.15, -0.1) is 0 Å². The van der Waals surface area contributed by atoms with Crippen LogP contribution in [0.2, 0.25) is 0 Å². The van der Waals surface area contributed by atoms with E-state index < -0.39 is 17.8 Å². The topological polar surface area (TPSA) is 44.8 Å². The van der Waals surface area contributed by atoms with Crippen LogP contribution in [0.3, 0.4) is 0 Å². The van der Waals surface area contributed by atoms with E-state index in [1.165, 1.54) is 18.1 Å². The number of urea groups is 1. The number of halogens is 3. The molecule has 0 saturated heterocycles. The third kappa shape index (κ3) is 4.22. The molecule has 1 heterocycles. The molecule has 0 radical (unpaired) electrons. The number of benzene rings is 2. The zero-order chi connectivity index (χ0) is 20.5. The van der Waals surface area contributed by atoms with Gasteiger partial charge < -0.3 is 15.0 Å². The molecule has 1 N–H and O–H groups in total. The van der Waals surface area contributed by atoms with Crippen molar-refractivity contribution in [2.45, 2.75) is 19.1 Å². The monoisotopic (exact) mass is 393 g/mol. The summed E-state index contributed by atoms with van der Waals surface area (Å²) in [5, 5.41) is 2.75. The number of hydrogen-bond donors (Lipinski definition) is 1. The SMILES string of the molecule is COc1cc2c(cc1C(F)(F)F)N(C(=O)Nc1ccc(CN(C)C)cc1)CC2. The second kappa shape index (κ2) is 7.71. The Morgan fingerprint density at radius 1 is 1.21 bits per heavy atom. The van der Waals surface area contributed by atoms with E-state index in [0.717, 1.165) is 18.2 Å². The summed E-state index contributed by atoms with van der Waals surface area (Å²) in [5.41, 5.74) is 1.71. The maximum atomic E-state index is 13.3. The highest BCUT2D eigenvalue weighted by atomic mass is 19.4. The molecule has 0 saturated carbocycles. The molecule has 5 nitrogen and oxygen atoms in total. The lowest BCUT2D eigenvalue weighted by Crippen LogP contribution is -2.33. The van der Waals surface area contributed by atoms with Gasteiger partial charge in [-0.3, -0.25) is 4.90 Å². The molecule has 2 aromatic rings. The van der Waals surface area contributed by atoms with Crippen LogP contribution in [-0.2, 0) is 19.1 Å². The van der Waals surface area contributed by atoms with Crippen LogP contribution >= 0.6 is 0 Å². The number of hydrogen-bond acceptors (Lipinski definition) is 3. The van der Waals surface area contributed by atoms with Crippen LogP contribution in [0.15, 0.2) is 36.4 Å². The largest absolute Gasteiger partial charge is 0.496 e. The molecule has 150 valence electrons. The summed E-state index contributed by atoms with van der Waals surface area (Å²) in [4.78, 5) is 16.0. The van der Waals surface area contributed by atoms with Gasteiger partial charge >= 0.3 is 12.2 Å². The average Bonchev–Trinajstić information content (AvgIpc) is 3.04. The number of ether oxygens (including phenoxy) is 1. The minimum absolute atomic E-state index is 0.231. The lowest BCUT2D eigenvalue weighted by molar-refractivity contribution is -0.138. The number of anilines is 2. The summed E-state index contributed by atoms with van der Waals surface area (Å²) >= 11 is 0. The van der Waals surface area contributed by atoms with Gasteiger partial charge in [-0.1, -0.05) is 12.1 Å². The highest BCUT2D eigenvalue weighted by Crippen LogP contribution is 2.42. The Bertz CT molecular complexity index is 864. The molecule has 1 aliphatic heterocycles. The lowest BCUT2D eigenvalue weighted by Gasteiger charge is -2.20. The number of nitrogens with zero attached hydrogens (tertiary/aromatic N) is 2. The molecule has 1 aliphatic rings. The number of nitrogens with one attached hydrogen (secondary N) is 1. The molecule has 0 fully saturated rings. The first-order valence-corrected chi connectivity index (χ1v) is 8.79. The van der Waals surface area contributed by atoms with Crippen LogP contribution in [0.5, 0.6) is 5.75 Å². The van der Waals surface area contributed by atoms with Crippen molar-refractivity contribution in [1.82, 2.24) is 4.90 Å². The third-order valence-electron chi connectivity index (χ3n) is 4.55. The number of rotatable bonds is 4. The van der Waals surface area contributed by atoms with E-state index in [-0.39, 0.29) is 11.4 Å². The lowest BCUT2D eigenvalue weighted by atomic mass is 10.1. The molecule has 0 bridgehead atoms. The molecule has 2 amide bonds. The Kier molecular flexibility index (Phi) is 5.51. The van der Waals surface area contributed by atoms with Crippen molar-refractivity contribution in [3.8, 4) is 5.75 Å². The van der Waals surface area contributed by atoms with Crippen molar-refractivity contribution >= 4 is 17.4 Å². The number of carbonyl (C=O) groups excluding carboxylic acids is 1. The van der Waals surface area contributed by atoms with Gasteiger partial charge in [0.2, 0.25) is 0 Å². The first-order valence-electron chi connectivity index (χ1n) is 8.79. The van der Waals surface area contributed by atoms with E-state index in [9.17, 15) is 18.0 Å². The van der Waals surface area contributed by atoms with Crippen LogP contribution in [0.4, 0.5) is 29.3 Å². The Morgan fingerprint density at radius 2 is 1.89 bits per heavy atom. The van der Waals surface area contributed by atoms with E-state index >= 15 is 0 Å². The van der Waals surface area contributed by atoms with Gasteiger partial charge in [0.15, 0.2) is 0 Å². The Labute approximate surface area is 161 Å². The van der Waals surface area contributed by atoms with Crippen LogP contribution in [0.25, 0.3) is 0 Å². The molecule has 0 aliphatic carbocycles. The van der Waals surface area contributed by atoms with E-state index in [4.69, 9.17) is 4.74 Å². The van der Waals surface area contributed by atoms with E-state index in [2.05, 4.69) is 5.32 Å². The van der Waals surface area contributed by atoms with Crippen molar-refractivity contribution in [2.75, 3.05) is 38.0 Å². The molecular formula is C20H22F3N3O2. The molecule has 0 aromatic heterocycles. The zero-order valence-electron chi connectivity index (χ0n) is 15.9. The standard InChI is InChI=1S/C20H22F3N3O2/c1-25(2)12-13-4-6-15(7-5-13)24-19(27)26-9-8-14-10-18(28-3)16(11-17(14)26)20(21,22)23/h4-7,10-11H,8-9,12H2,1-3H3,(H,24,27). The van der Waals surface area contributed by atoms with Crippen LogP contribution in [0.1, 0.15) is 16.7 Å². The maximum Gasteiger partial charge on any atom is 0.420 e. The normalized spacial score (nSPS) is 13.6. The van der Waals surface area contributed by atoms with Crippen LogP contribution in [0, 0.1) is 0 Å². The highest BCUT2D eigenvalue weighted by Gasteiger charge is 2.37. The Balaban J connectivity index is 1.80. The van der Waals surface area contributed by atoms with Gasteiger partial charge in [0.25, 0.3) is 0 Å². The predicted molar refractivity (Wildman–Crippen MR) is 102 cm³/mol. The van der Waals surface area contributed by atoms with Crippen molar-refractivity contribution < 1.29 is 22.7 Å². The number of fused-ring (bicyclic) bond motifs is 1. The molecule has 0 atom stereocenters. The summed E-state index contributed by atoms with van der Waals surface area (Å²) in [6.45, 7) is 1.08. The molecule has 3 rings (SSSR count). The van der Waals surface area contributed by atoms with Crippen molar-refractivity contribution in [3.63, 3.8) is 0 Å². The van der Waals surface area contributed by atoms with E-state index in [0.29, 0.717) is 24.2 Å². The zero-order valence-corrected chi connectivity index (χ0v) is 15.9. The summed E-state index contributed by atoms with van der Waals surface area (Å²) in [6.07, 6.45) is -4.09. The smallest absolute Gasteiger partial charge is 0.420 e. The summed E-state index contributed by atoms with van der Waals surface area (Å²) < 4.78 is 44.8. The van der Waals surface area contributed by atoms with Gasteiger partial charge in [0, 0.05) is 24.5 Å². The number of carbonyl (C=O) groups is 1. The van der Waals surface area contributed by atoms with Crippen LogP contribution < -0.4 is 15.0 Å². The second-order valence-corrected chi connectivity index (χ2v) is 6.95. The fourth-order valence-electron chi connectivity index (χ4n) is 3.27. The summed E-state index contributed by atoms with van der Waals surface area (Å²) in [5.74, 6) is -0.231. The van der Waals surface area contributed by atoms with Gasteiger partial charge in [-0.2, -0.15) is 13.2 Å². The first-order chi connectivity index (χ1) is 13.2. The maximum absolute atomic E-state index is 13.3. The fraction of sp³-hybridized carbons (Fsp3) is 0.350. The molecule has 8 heteroatoms. The van der Waals surface area contributed by atoms with Gasteiger partial charge in [0.1, 0.15) is 5.75 Å². The minimum Gasteiger partial charge on any atom is -0.496 e. The Hall–Kier alpha value is -2.74. The van der Waals surface area contributed by atoms with Gasteiger partial charge in [-0.25, -0.2) is 4.79 Å². The van der Waals surface area contributed by atoms with Gasteiger partial charge in [0.05, 0.1) is 12.7 Å². The number of alkyl halides is 3.